The van der Waals surface area contributed by atoms with Crippen LogP contribution in [-0.4, -0.2) is 67.5 Å². The summed E-state index contributed by atoms with van der Waals surface area (Å²) in [7, 11) is -2.10. The van der Waals surface area contributed by atoms with Crippen LogP contribution in [0, 0.1) is 29.6 Å². The van der Waals surface area contributed by atoms with E-state index >= 15 is 0 Å². The number of hydrogen-bond donors (Lipinski definition) is 1. The number of amides is 1. The van der Waals surface area contributed by atoms with Gasteiger partial charge in [-0.05, 0) is 56.7 Å². The lowest BCUT2D eigenvalue weighted by atomic mass is 10.0. The van der Waals surface area contributed by atoms with Crippen LogP contribution in [0.15, 0.2) is 23.1 Å². The molecule has 0 unspecified atom stereocenters. The number of nitrogens with zero attached hydrogens (tertiary/aromatic N) is 2. The monoisotopic (exact) mass is 474 g/mol. The van der Waals surface area contributed by atoms with Crippen LogP contribution in [-0.2, 0) is 14.8 Å². The minimum absolute atomic E-state index is 0.0728. The molecule has 2 aliphatic carbocycles. The first-order chi connectivity index (χ1) is 15.7. The van der Waals surface area contributed by atoms with Gasteiger partial charge in [0.05, 0.1) is 13.2 Å². The molecule has 1 N–H and O–H groups in total. The summed E-state index contributed by atoms with van der Waals surface area (Å²) in [5.74, 6) is 7.42. The van der Waals surface area contributed by atoms with Crippen LogP contribution in [0.2, 0.25) is 0 Å². The number of aliphatic hydroxyl groups is 1. The van der Waals surface area contributed by atoms with Crippen molar-refractivity contribution in [2.75, 3.05) is 26.7 Å². The highest BCUT2D eigenvalue weighted by Gasteiger charge is 2.38. The smallest absolute Gasteiger partial charge is 0.247 e. The third-order valence-electron chi connectivity index (χ3n) is 6.70. The lowest BCUT2D eigenvalue weighted by Gasteiger charge is -2.37. The molecule has 0 saturated heterocycles. The maximum Gasteiger partial charge on any atom is 0.247 e. The molecule has 2 saturated carbocycles. The number of hydrogen-bond acceptors (Lipinski definition) is 5. The second-order valence-corrected chi connectivity index (χ2v) is 11.7. The minimum atomic E-state index is -3.88. The lowest BCUT2D eigenvalue weighted by Crippen LogP contribution is -2.50. The fourth-order valence-corrected chi connectivity index (χ4v) is 5.86. The molecule has 1 amide bonds. The molecule has 1 heterocycles. The summed E-state index contributed by atoms with van der Waals surface area (Å²) in [5, 5.41) is 9.75. The Labute approximate surface area is 197 Å². The van der Waals surface area contributed by atoms with Crippen molar-refractivity contribution in [2.45, 2.75) is 63.0 Å². The Morgan fingerprint density at radius 2 is 2.03 bits per heavy atom. The zero-order valence-electron chi connectivity index (χ0n) is 19.7. The third-order valence-corrected chi connectivity index (χ3v) is 8.72. The van der Waals surface area contributed by atoms with E-state index in [9.17, 15) is 18.3 Å². The molecule has 0 aromatic heterocycles. The number of carbonyl (C=O) groups is 1. The molecule has 180 valence electrons. The quantitative estimate of drug-likeness (QED) is 0.640. The Balaban J connectivity index is 1.67. The van der Waals surface area contributed by atoms with Crippen molar-refractivity contribution in [3.05, 3.63) is 23.8 Å². The first-order valence-electron chi connectivity index (χ1n) is 11.9. The third kappa shape index (κ3) is 5.71. The minimum Gasteiger partial charge on any atom is -0.487 e. The maximum atomic E-state index is 13.5. The first kappa shape index (κ1) is 24.1. The molecule has 3 atom stereocenters. The van der Waals surface area contributed by atoms with Crippen molar-refractivity contribution < 1.29 is 23.1 Å². The normalized spacial score (nSPS) is 25.5. The lowest BCUT2D eigenvalue weighted by molar-refractivity contribution is -0.131. The molecule has 7 nitrogen and oxygen atoms in total. The Kier molecular flexibility index (Phi) is 7.04. The molecule has 2 fully saturated rings. The second kappa shape index (κ2) is 9.65. The molecule has 0 bridgehead atoms. The Morgan fingerprint density at radius 1 is 1.30 bits per heavy atom. The van der Waals surface area contributed by atoms with Crippen LogP contribution >= 0.6 is 0 Å². The topological polar surface area (TPSA) is 87.2 Å². The second-order valence-electron chi connectivity index (χ2n) is 9.87. The Bertz CT molecular complexity index is 1050. The fourth-order valence-electron chi connectivity index (χ4n) is 4.03. The molecule has 0 radical (unpaired) electrons. The average Bonchev–Trinajstić information content (AvgIpc) is 3.70. The zero-order valence-corrected chi connectivity index (χ0v) is 20.5. The van der Waals surface area contributed by atoms with Crippen molar-refractivity contribution in [3.8, 4) is 17.6 Å². The number of aliphatic hydroxyl groups excluding tert-OH is 1. The molecular weight excluding hydrogens is 440 g/mol. The summed E-state index contributed by atoms with van der Waals surface area (Å²) < 4.78 is 34.7. The van der Waals surface area contributed by atoms with Crippen LogP contribution in [0.5, 0.6) is 5.75 Å². The van der Waals surface area contributed by atoms with Crippen molar-refractivity contribution in [1.82, 2.24) is 9.21 Å². The Hall–Kier alpha value is -2.08. The molecule has 1 aromatic rings. The van der Waals surface area contributed by atoms with E-state index in [2.05, 4.69) is 11.8 Å². The highest BCUT2D eigenvalue weighted by atomic mass is 32.2. The highest BCUT2D eigenvalue weighted by molar-refractivity contribution is 7.89. The van der Waals surface area contributed by atoms with Gasteiger partial charge in [-0.25, -0.2) is 8.42 Å². The van der Waals surface area contributed by atoms with Crippen LogP contribution in [0.25, 0.3) is 0 Å². The molecule has 33 heavy (non-hydrogen) atoms. The van der Waals surface area contributed by atoms with Crippen LogP contribution in [0.4, 0.5) is 0 Å². The number of fused-ring (bicyclic) bond motifs is 1. The summed E-state index contributed by atoms with van der Waals surface area (Å²) in [6.07, 6.45) is 4.60. The van der Waals surface area contributed by atoms with Crippen molar-refractivity contribution in [1.29, 1.82) is 0 Å². The van der Waals surface area contributed by atoms with Gasteiger partial charge >= 0.3 is 0 Å². The van der Waals surface area contributed by atoms with E-state index in [-0.39, 0.29) is 35.6 Å². The summed E-state index contributed by atoms with van der Waals surface area (Å²) in [6.45, 7) is 3.91. The largest absolute Gasteiger partial charge is 0.487 e. The molecule has 8 heteroatoms. The highest BCUT2D eigenvalue weighted by Crippen LogP contribution is 2.35. The number of sulfonamides is 1. The van der Waals surface area contributed by atoms with E-state index in [4.69, 9.17) is 4.74 Å². The molecule has 3 aliphatic rings. The average molecular weight is 475 g/mol. The van der Waals surface area contributed by atoms with Gasteiger partial charge in [0.1, 0.15) is 16.7 Å². The predicted octanol–water partition coefficient (Wildman–Crippen LogP) is 2.48. The van der Waals surface area contributed by atoms with Gasteiger partial charge in [0.25, 0.3) is 0 Å². The standard InChI is InChI=1S/C25H34N2O5S/c1-17-14-27(18(2)16-28)33(30,31)24-11-10-20(7-6-19-4-5-19)12-22(24)32-23(17)15-26(3)25(29)13-21-8-9-21/h10-12,17-19,21,23,28H,4-5,8-9,13-16H2,1-3H3/t17-,18+,23+/m1/s1. The number of ether oxygens (including phenoxy) is 1. The number of likely N-dealkylation sites (N-methyl/N-ethyl adjacent to an activating group) is 1. The SMILES string of the molecule is C[C@@H]1CN([C@@H](C)CO)S(=O)(=O)c2ccc(C#CC3CC3)cc2O[C@H]1CN(C)C(=O)CC1CC1. The molecular formula is C25H34N2O5S. The van der Waals surface area contributed by atoms with E-state index in [0.29, 0.717) is 30.4 Å². The van der Waals surface area contributed by atoms with E-state index in [1.807, 2.05) is 6.92 Å². The zero-order chi connectivity index (χ0) is 23.8. The van der Waals surface area contributed by atoms with Crippen molar-refractivity contribution >= 4 is 15.9 Å². The molecule has 1 aromatic carbocycles. The number of benzene rings is 1. The molecule has 1 aliphatic heterocycles. The van der Waals surface area contributed by atoms with Crippen LogP contribution in [0.1, 0.15) is 51.5 Å². The fraction of sp³-hybridized carbons (Fsp3) is 0.640. The van der Waals surface area contributed by atoms with Gasteiger partial charge in [0.2, 0.25) is 15.9 Å². The molecule has 0 spiro atoms. The van der Waals surface area contributed by atoms with Crippen LogP contribution in [0.3, 0.4) is 0 Å². The first-order valence-corrected chi connectivity index (χ1v) is 13.3. The maximum absolute atomic E-state index is 13.5. The summed E-state index contributed by atoms with van der Waals surface area (Å²) in [6, 6.07) is 4.38. The number of carbonyl (C=O) groups excluding carboxylic acids is 1. The number of rotatable bonds is 6. The van der Waals surface area contributed by atoms with Gasteiger partial charge in [-0.1, -0.05) is 18.8 Å². The van der Waals surface area contributed by atoms with E-state index in [1.165, 1.54) is 4.31 Å². The summed E-state index contributed by atoms with van der Waals surface area (Å²) in [5.41, 5.74) is 0.711. The van der Waals surface area contributed by atoms with Gasteiger partial charge in [-0.3, -0.25) is 4.79 Å². The van der Waals surface area contributed by atoms with E-state index < -0.39 is 22.2 Å². The van der Waals surface area contributed by atoms with E-state index in [0.717, 1.165) is 25.7 Å². The van der Waals surface area contributed by atoms with Gasteiger partial charge in [0.15, 0.2) is 0 Å². The van der Waals surface area contributed by atoms with Crippen molar-refractivity contribution in [3.63, 3.8) is 0 Å². The van der Waals surface area contributed by atoms with Crippen molar-refractivity contribution in [2.24, 2.45) is 17.8 Å². The van der Waals surface area contributed by atoms with Gasteiger partial charge in [0, 0.05) is 43.5 Å². The summed E-state index contributed by atoms with van der Waals surface area (Å²) >= 11 is 0. The summed E-state index contributed by atoms with van der Waals surface area (Å²) in [4.78, 5) is 14.4. The predicted molar refractivity (Wildman–Crippen MR) is 125 cm³/mol. The van der Waals surface area contributed by atoms with Crippen LogP contribution < -0.4 is 4.74 Å². The van der Waals surface area contributed by atoms with Gasteiger partial charge in [-0.15, -0.1) is 0 Å². The Morgan fingerprint density at radius 3 is 2.67 bits per heavy atom. The molecule has 4 rings (SSSR count). The van der Waals surface area contributed by atoms with Gasteiger partial charge in [-0.2, -0.15) is 4.31 Å². The van der Waals surface area contributed by atoms with Gasteiger partial charge < -0.3 is 14.7 Å². The van der Waals surface area contributed by atoms with E-state index in [1.54, 1.807) is 37.1 Å².